The Morgan fingerprint density at radius 2 is 1.95 bits per heavy atom. The van der Waals surface area contributed by atoms with Crippen LogP contribution in [0.25, 0.3) is 0 Å². The van der Waals surface area contributed by atoms with Crippen molar-refractivity contribution in [3.8, 4) is 0 Å². The molecule has 0 bridgehead atoms. The van der Waals surface area contributed by atoms with E-state index in [1.165, 1.54) is 11.9 Å². The number of likely N-dealkylation sites (tertiary alicyclic amines) is 1. The minimum absolute atomic E-state index is 0.202. The third-order valence-corrected chi connectivity index (χ3v) is 3.82. The molecule has 0 N–H and O–H groups in total. The Labute approximate surface area is 123 Å². The van der Waals surface area contributed by atoms with Gasteiger partial charge in [0.25, 0.3) is 11.8 Å². The highest BCUT2D eigenvalue weighted by molar-refractivity contribution is 6.06. The first-order valence-corrected chi connectivity index (χ1v) is 6.77. The fourth-order valence-corrected chi connectivity index (χ4v) is 2.59. The quantitative estimate of drug-likeness (QED) is 0.576. The summed E-state index contributed by atoms with van der Waals surface area (Å²) in [4.78, 5) is 38.9. The smallest absolute Gasteiger partial charge is 0.255 e. The predicted molar refractivity (Wildman–Crippen MR) is 79.1 cm³/mol. The Morgan fingerprint density at radius 3 is 2.57 bits per heavy atom. The molecule has 5 nitrogen and oxygen atoms in total. The van der Waals surface area contributed by atoms with Gasteiger partial charge in [0.1, 0.15) is 6.04 Å². The highest BCUT2D eigenvalue weighted by Gasteiger charge is 2.41. The van der Waals surface area contributed by atoms with Crippen LogP contribution in [0.4, 0.5) is 0 Å². The van der Waals surface area contributed by atoms with Gasteiger partial charge in [0, 0.05) is 25.6 Å². The number of nitrogens with zero attached hydrogens (tertiary/aromatic N) is 2. The fraction of sp³-hybridized carbons (Fsp3) is 0.312. The van der Waals surface area contributed by atoms with Crippen molar-refractivity contribution in [2.75, 3.05) is 13.6 Å². The molecule has 3 amide bonds. The molecule has 0 aromatic rings. The summed E-state index contributed by atoms with van der Waals surface area (Å²) in [5.74, 6) is -0.729. The van der Waals surface area contributed by atoms with Crippen molar-refractivity contribution >= 4 is 17.7 Å². The van der Waals surface area contributed by atoms with E-state index in [9.17, 15) is 14.4 Å². The van der Waals surface area contributed by atoms with Gasteiger partial charge in [-0.15, -0.1) is 0 Å². The van der Waals surface area contributed by atoms with Gasteiger partial charge in [-0.1, -0.05) is 31.4 Å². The number of hydrogen-bond acceptors (Lipinski definition) is 3. The summed E-state index contributed by atoms with van der Waals surface area (Å²) in [5.41, 5.74) is 1.31. The number of rotatable bonds is 4. The molecule has 2 aliphatic heterocycles. The van der Waals surface area contributed by atoms with Crippen LogP contribution in [0.15, 0.2) is 48.6 Å². The van der Waals surface area contributed by atoms with E-state index in [0.717, 1.165) is 10.5 Å². The molecule has 0 aromatic carbocycles. The van der Waals surface area contributed by atoms with E-state index in [0.29, 0.717) is 18.5 Å². The minimum Gasteiger partial charge on any atom is -0.322 e. The minimum atomic E-state index is -0.579. The van der Waals surface area contributed by atoms with E-state index in [4.69, 9.17) is 0 Å². The molecular formula is C16H18N2O3. The molecule has 0 spiro atoms. The lowest BCUT2D eigenvalue weighted by Gasteiger charge is -2.33. The number of imide groups is 1. The summed E-state index contributed by atoms with van der Waals surface area (Å²) >= 11 is 0. The molecule has 1 unspecified atom stereocenters. The van der Waals surface area contributed by atoms with Crippen molar-refractivity contribution in [1.29, 1.82) is 0 Å². The largest absolute Gasteiger partial charge is 0.322 e. The van der Waals surface area contributed by atoms with E-state index in [2.05, 4.69) is 13.2 Å². The summed E-state index contributed by atoms with van der Waals surface area (Å²) in [5, 5.41) is 0. The first-order valence-electron chi connectivity index (χ1n) is 6.77. The maximum absolute atomic E-state index is 12.5. The number of likely N-dealkylation sites (N-methyl/N-ethyl adjacent to an activating group) is 1. The number of allylic oxidation sites excluding steroid dienone is 2. The monoisotopic (exact) mass is 286 g/mol. The van der Waals surface area contributed by atoms with Crippen molar-refractivity contribution in [3.63, 3.8) is 0 Å². The average Bonchev–Trinajstić information content (AvgIpc) is 2.79. The highest BCUT2D eigenvalue weighted by atomic mass is 16.2. The van der Waals surface area contributed by atoms with Crippen molar-refractivity contribution < 1.29 is 14.4 Å². The number of piperidine rings is 1. The van der Waals surface area contributed by atoms with Crippen molar-refractivity contribution in [3.05, 3.63) is 48.6 Å². The summed E-state index contributed by atoms with van der Waals surface area (Å²) in [6.07, 6.45) is 7.21. The molecule has 2 heterocycles. The Kier molecular flexibility index (Phi) is 4.21. The maximum atomic E-state index is 12.5. The highest BCUT2D eigenvalue weighted by Crippen LogP contribution is 2.27. The lowest BCUT2D eigenvalue weighted by atomic mass is 10.0. The van der Waals surface area contributed by atoms with E-state index in [-0.39, 0.29) is 24.1 Å². The van der Waals surface area contributed by atoms with Gasteiger partial charge in [0.05, 0.1) is 0 Å². The maximum Gasteiger partial charge on any atom is 0.255 e. The van der Waals surface area contributed by atoms with Crippen LogP contribution in [0.5, 0.6) is 0 Å². The van der Waals surface area contributed by atoms with Crippen molar-refractivity contribution in [2.45, 2.75) is 18.9 Å². The van der Waals surface area contributed by atoms with Crippen LogP contribution in [0.2, 0.25) is 0 Å². The van der Waals surface area contributed by atoms with Crippen LogP contribution in [-0.2, 0) is 14.4 Å². The normalized spacial score (nSPS) is 23.5. The molecule has 0 aliphatic carbocycles. The molecule has 2 rings (SSSR count). The van der Waals surface area contributed by atoms with E-state index >= 15 is 0 Å². The molecule has 21 heavy (non-hydrogen) atoms. The Balaban J connectivity index is 2.25. The van der Waals surface area contributed by atoms with Crippen LogP contribution in [-0.4, -0.2) is 47.2 Å². The topological polar surface area (TPSA) is 57.7 Å². The average molecular weight is 286 g/mol. The Hall–Kier alpha value is -2.43. The van der Waals surface area contributed by atoms with E-state index in [1.807, 2.05) is 0 Å². The van der Waals surface area contributed by atoms with Crippen LogP contribution >= 0.6 is 0 Å². The van der Waals surface area contributed by atoms with Crippen LogP contribution in [0, 0.1) is 0 Å². The van der Waals surface area contributed by atoms with Gasteiger partial charge in [-0.2, -0.15) is 0 Å². The van der Waals surface area contributed by atoms with E-state index in [1.54, 1.807) is 24.3 Å². The lowest BCUT2D eigenvalue weighted by Crippen LogP contribution is -2.53. The third kappa shape index (κ3) is 2.59. The first-order chi connectivity index (χ1) is 10.0. The second-order valence-corrected chi connectivity index (χ2v) is 5.02. The Morgan fingerprint density at radius 1 is 1.24 bits per heavy atom. The zero-order valence-electron chi connectivity index (χ0n) is 12.0. The SMILES string of the molecule is C=C/C=C\C1=C(C=C)CN(C2CCC(=O)N(C)C2=O)C1=O. The summed E-state index contributed by atoms with van der Waals surface area (Å²) in [6, 6.07) is -0.579. The second kappa shape index (κ2) is 5.91. The zero-order chi connectivity index (χ0) is 15.6. The van der Waals surface area contributed by atoms with Gasteiger partial charge in [-0.3, -0.25) is 19.3 Å². The molecule has 1 atom stereocenters. The summed E-state index contributed by atoms with van der Waals surface area (Å²) in [6.45, 7) is 7.64. The standard InChI is InChI=1S/C16H18N2O3/c1-4-6-7-12-11(5-2)10-18(15(12)20)13-8-9-14(19)17(3)16(13)21/h4-7,13H,1-2,8-10H2,3H3/b7-6-. The van der Waals surface area contributed by atoms with E-state index < -0.39 is 6.04 Å². The molecule has 1 saturated heterocycles. The molecule has 2 aliphatic rings. The number of amides is 3. The van der Waals surface area contributed by atoms with Gasteiger partial charge >= 0.3 is 0 Å². The Bertz CT molecular complexity index is 586. The predicted octanol–water partition coefficient (Wildman–Crippen LogP) is 1.20. The van der Waals surface area contributed by atoms with Crippen molar-refractivity contribution in [1.82, 2.24) is 9.80 Å². The van der Waals surface area contributed by atoms with Gasteiger partial charge in [0.15, 0.2) is 0 Å². The van der Waals surface area contributed by atoms with Crippen LogP contribution in [0.1, 0.15) is 12.8 Å². The fourth-order valence-electron chi connectivity index (χ4n) is 2.59. The molecular weight excluding hydrogens is 268 g/mol. The molecule has 5 heteroatoms. The number of carbonyl (C=O) groups is 3. The zero-order valence-corrected chi connectivity index (χ0v) is 12.0. The molecule has 0 saturated carbocycles. The lowest BCUT2D eigenvalue weighted by molar-refractivity contribution is -0.153. The summed E-state index contributed by atoms with van der Waals surface area (Å²) < 4.78 is 0. The first kappa shape index (κ1) is 15.0. The third-order valence-electron chi connectivity index (χ3n) is 3.82. The van der Waals surface area contributed by atoms with Crippen molar-refractivity contribution in [2.24, 2.45) is 0 Å². The number of hydrogen-bond donors (Lipinski definition) is 0. The molecule has 0 radical (unpaired) electrons. The van der Waals surface area contributed by atoms with Gasteiger partial charge in [0.2, 0.25) is 5.91 Å². The second-order valence-electron chi connectivity index (χ2n) is 5.02. The molecule has 110 valence electrons. The molecule has 0 aromatic heterocycles. The van der Waals surface area contributed by atoms with Gasteiger partial charge in [-0.05, 0) is 18.1 Å². The van der Waals surface area contributed by atoms with Gasteiger partial charge < -0.3 is 4.90 Å². The van der Waals surface area contributed by atoms with Gasteiger partial charge in [-0.25, -0.2) is 0 Å². The summed E-state index contributed by atoms with van der Waals surface area (Å²) in [7, 11) is 1.46. The number of carbonyl (C=O) groups excluding carboxylic acids is 3. The van der Waals surface area contributed by atoms with Crippen LogP contribution in [0.3, 0.4) is 0 Å². The van der Waals surface area contributed by atoms with Crippen LogP contribution < -0.4 is 0 Å². The molecule has 1 fully saturated rings.